The zero-order valence-corrected chi connectivity index (χ0v) is 18.2. The van der Waals surface area contributed by atoms with Crippen LogP contribution in [0.2, 0.25) is 0 Å². The van der Waals surface area contributed by atoms with Crippen LogP contribution in [-0.2, 0) is 4.74 Å². The van der Waals surface area contributed by atoms with Gasteiger partial charge in [-0.2, -0.15) is 0 Å². The van der Waals surface area contributed by atoms with Gasteiger partial charge in [-0.25, -0.2) is 4.79 Å². The molecule has 29 heavy (non-hydrogen) atoms. The fraction of sp³-hybridized carbons (Fsp3) is 0.800. The van der Waals surface area contributed by atoms with Crippen molar-refractivity contribution in [3.05, 3.63) is 34.4 Å². The molecular weight excluding hydrogens is 364 g/mol. The molecule has 0 spiro atoms. The molecule has 0 amide bonds. The summed E-state index contributed by atoms with van der Waals surface area (Å²) in [4.78, 5) is 11.4. The Morgan fingerprint density at radius 2 is 1.86 bits per heavy atom. The largest absolute Gasteiger partial charge is 0.431 e. The molecule has 4 fully saturated rings. The first kappa shape index (κ1) is 19.8. The van der Waals surface area contributed by atoms with Gasteiger partial charge in [-0.3, -0.25) is 0 Å². The summed E-state index contributed by atoms with van der Waals surface area (Å²) >= 11 is 0. The molecule has 4 saturated carbocycles. The smallest absolute Gasteiger partial charge is 0.335 e. The Labute approximate surface area is 174 Å². The third-order valence-electron chi connectivity index (χ3n) is 10.3. The highest BCUT2D eigenvalue weighted by molar-refractivity contribution is 5.27. The molecule has 0 aliphatic heterocycles. The summed E-state index contributed by atoms with van der Waals surface area (Å²) < 4.78 is 10.9. The normalized spacial score (nSPS) is 49.2. The van der Waals surface area contributed by atoms with Gasteiger partial charge in [0.25, 0.3) is 0 Å². The van der Waals surface area contributed by atoms with Crippen LogP contribution in [0.25, 0.3) is 0 Å². The van der Waals surface area contributed by atoms with Crippen LogP contribution < -0.4 is 5.63 Å². The van der Waals surface area contributed by atoms with Crippen LogP contribution in [-0.4, -0.2) is 23.9 Å². The molecule has 4 heteroatoms. The Morgan fingerprint density at radius 1 is 1.03 bits per heavy atom. The SMILES string of the molecule is COC1CCC2(C)C(CCC3C2CCC2(C)C(c4ccc(=O)oc4)CCC32O)C1. The second-order valence-electron chi connectivity index (χ2n) is 11.0. The first-order valence-electron chi connectivity index (χ1n) is 11.7. The fourth-order valence-corrected chi connectivity index (χ4v) is 8.50. The fourth-order valence-electron chi connectivity index (χ4n) is 8.50. The summed E-state index contributed by atoms with van der Waals surface area (Å²) in [7, 11) is 1.86. The molecule has 8 atom stereocenters. The van der Waals surface area contributed by atoms with Crippen LogP contribution in [0.4, 0.5) is 0 Å². The lowest BCUT2D eigenvalue weighted by Gasteiger charge is -2.63. The average Bonchev–Trinajstić information content (AvgIpc) is 2.99. The van der Waals surface area contributed by atoms with E-state index >= 15 is 0 Å². The molecule has 1 heterocycles. The van der Waals surface area contributed by atoms with Gasteiger partial charge in [-0.05, 0) is 98.5 Å². The van der Waals surface area contributed by atoms with Crippen molar-refractivity contribution in [3.63, 3.8) is 0 Å². The van der Waals surface area contributed by atoms with Crippen molar-refractivity contribution in [1.82, 2.24) is 0 Å². The number of aliphatic hydroxyl groups is 1. The predicted molar refractivity (Wildman–Crippen MR) is 112 cm³/mol. The molecule has 0 radical (unpaired) electrons. The van der Waals surface area contributed by atoms with Gasteiger partial charge in [-0.15, -0.1) is 0 Å². The van der Waals surface area contributed by atoms with Crippen molar-refractivity contribution in [3.8, 4) is 0 Å². The van der Waals surface area contributed by atoms with Gasteiger partial charge >= 0.3 is 5.63 Å². The zero-order chi connectivity index (χ0) is 20.4. The molecule has 1 N–H and O–H groups in total. The van der Waals surface area contributed by atoms with E-state index in [9.17, 15) is 9.90 Å². The van der Waals surface area contributed by atoms with Crippen molar-refractivity contribution in [2.75, 3.05) is 7.11 Å². The Bertz CT molecular complexity index is 812. The molecule has 0 bridgehead atoms. The van der Waals surface area contributed by atoms with E-state index in [2.05, 4.69) is 13.8 Å². The van der Waals surface area contributed by atoms with Gasteiger partial charge in [0.1, 0.15) is 0 Å². The van der Waals surface area contributed by atoms with Crippen molar-refractivity contribution in [1.29, 1.82) is 0 Å². The van der Waals surface area contributed by atoms with E-state index in [-0.39, 0.29) is 17.0 Å². The minimum absolute atomic E-state index is 0.138. The van der Waals surface area contributed by atoms with Crippen LogP contribution >= 0.6 is 0 Å². The maximum Gasteiger partial charge on any atom is 0.335 e. The standard InChI is InChI=1S/C25H36O4/c1-23-11-8-18(28-3)14-17(23)5-6-21-20(23)9-12-24(2)19(10-13-25(21,24)27)16-4-7-22(26)29-15-16/h4,7,15,17-21,27H,5-6,8-14H2,1-3H3. The number of methoxy groups -OCH3 is 1. The molecule has 0 aromatic carbocycles. The molecule has 8 unspecified atom stereocenters. The number of ether oxygens (including phenoxy) is 1. The molecular formula is C25H36O4. The summed E-state index contributed by atoms with van der Waals surface area (Å²) in [6.45, 7) is 4.83. The molecule has 4 aliphatic carbocycles. The Balaban J connectivity index is 1.46. The van der Waals surface area contributed by atoms with Crippen LogP contribution in [0.15, 0.2) is 27.6 Å². The minimum Gasteiger partial charge on any atom is -0.431 e. The maximum atomic E-state index is 12.2. The summed E-state index contributed by atoms with van der Waals surface area (Å²) in [5.41, 5.74) is 0.381. The number of hydrogen-bond acceptors (Lipinski definition) is 4. The maximum absolute atomic E-state index is 12.2. The molecule has 5 rings (SSSR count). The van der Waals surface area contributed by atoms with Gasteiger partial charge in [-0.1, -0.05) is 13.8 Å². The molecule has 160 valence electrons. The van der Waals surface area contributed by atoms with Crippen LogP contribution in [0.1, 0.15) is 83.1 Å². The first-order valence-corrected chi connectivity index (χ1v) is 11.7. The van der Waals surface area contributed by atoms with E-state index in [4.69, 9.17) is 9.15 Å². The van der Waals surface area contributed by atoms with Gasteiger partial charge < -0.3 is 14.3 Å². The van der Waals surface area contributed by atoms with Crippen molar-refractivity contribution < 1.29 is 14.3 Å². The lowest BCUT2D eigenvalue weighted by atomic mass is 9.43. The van der Waals surface area contributed by atoms with E-state index in [0.717, 1.165) is 43.6 Å². The molecule has 0 saturated heterocycles. The van der Waals surface area contributed by atoms with E-state index in [1.807, 2.05) is 13.2 Å². The first-order chi connectivity index (χ1) is 13.8. The van der Waals surface area contributed by atoms with E-state index < -0.39 is 5.60 Å². The third kappa shape index (κ3) is 2.67. The predicted octanol–water partition coefficient (Wildman–Crippen LogP) is 4.90. The third-order valence-corrected chi connectivity index (χ3v) is 10.3. The molecule has 1 aromatic heterocycles. The Kier molecular flexibility index (Phi) is 4.57. The van der Waals surface area contributed by atoms with Crippen LogP contribution in [0.3, 0.4) is 0 Å². The minimum atomic E-state index is -0.608. The molecule has 1 aromatic rings. The summed E-state index contributed by atoms with van der Waals surface area (Å²) in [5, 5.41) is 12.2. The van der Waals surface area contributed by atoms with Crippen LogP contribution in [0, 0.1) is 28.6 Å². The van der Waals surface area contributed by atoms with Gasteiger partial charge in [0.2, 0.25) is 0 Å². The van der Waals surface area contributed by atoms with Gasteiger partial charge in [0.05, 0.1) is 18.0 Å². The van der Waals surface area contributed by atoms with Gasteiger partial charge in [0.15, 0.2) is 0 Å². The lowest BCUT2D eigenvalue weighted by molar-refractivity contribution is -0.206. The highest BCUT2D eigenvalue weighted by atomic mass is 16.5. The van der Waals surface area contributed by atoms with Gasteiger partial charge in [0, 0.05) is 18.6 Å². The summed E-state index contributed by atoms with van der Waals surface area (Å²) in [6.07, 6.45) is 12.1. The number of hydrogen-bond donors (Lipinski definition) is 1. The second kappa shape index (κ2) is 6.68. The zero-order valence-electron chi connectivity index (χ0n) is 18.2. The number of fused-ring (bicyclic) bond motifs is 5. The average molecular weight is 401 g/mol. The Morgan fingerprint density at radius 3 is 2.59 bits per heavy atom. The monoisotopic (exact) mass is 400 g/mol. The van der Waals surface area contributed by atoms with E-state index in [1.54, 1.807) is 6.26 Å². The lowest BCUT2D eigenvalue weighted by Crippen LogP contribution is -2.62. The summed E-state index contributed by atoms with van der Waals surface area (Å²) in [5.74, 6) is 2.01. The summed E-state index contributed by atoms with van der Waals surface area (Å²) in [6, 6.07) is 3.45. The van der Waals surface area contributed by atoms with Crippen LogP contribution in [0.5, 0.6) is 0 Å². The highest BCUT2D eigenvalue weighted by Gasteiger charge is 2.67. The van der Waals surface area contributed by atoms with Crippen molar-refractivity contribution >= 4 is 0 Å². The van der Waals surface area contributed by atoms with E-state index in [1.165, 1.54) is 31.7 Å². The molecule has 4 aliphatic rings. The highest BCUT2D eigenvalue weighted by Crippen LogP contribution is 2.70. The van der Waals surface area contributed by atoms with Crippen molar-refractivity contribution in [2.24, 2.45) is 28.6 Å². The Hall–Kier alpha value is -1.13. The van der Waals surface area contributed by atoms with E-state index in [0.29, 0.717) is 23.4 Å². The second-order valence-corrected chi connectivity index (χ2v) is 11.0. The number of rotatable bonds is 2. The molecule has 4 nitrogen and oxygen atoms in total. The van der Waals surface area contributed by atoms with Crippen molar-refractivity contribution in [2.45, 2.75) is 89.3 Å². The topological polar surface area (TPSA) is 59.7 Å². The quantitative estimate of drug-likeness (QED) is 0.767.